The number of hydrogen-bond acceptors (Lipinski definition) is 4. The van der Waals surface area contributed by atoms with E-state index in [2.05, 4.69) is 9.97 Å². The molecule has 0 bridgehead atoms. The maximum atomic E-state index is 9.48. The van der Waals surface area contributed by atoms with Gasteiger partial charge >= 0.3 is 6.01 Å². The number of rotatable bonds is 2. The average molecular weight is 252 g/mol. The molecule has 1 aromatic heterocycles. The topological polar surface area (TPSA) is 55.2 Å². The van der Waals surface area contributed by atoms with Crippen LogP contribution in [-0.4, -0.2) is 15.1 Å². The van der Waals surface area contributed by atoms with Gasteiger partial charge in [-0.25, -0.2) is 9.97 Å². The summed E-state index contributed by atoms with van der Waals surface area (Å²) in [7, 11) is 0. The Morgan fingerprint density at radius 3 is 2.47 bits per heavy atom. The van der Waals surface area contributed by atoms with Gasteiger partial charge in [0.25, 0.3) is 0 Å². The van der Waals surface area contributed by atoms with Crippen molar-refractivity contribution in [3.8, 4) is 17.5 Å². The minimum Gasteiger partial charge on any atom is -0.508 e. The molecule has 0 spiro atoms. The number of aryl methyl sites for hydroxylation is 1. The first kappa shape index (κ1) is 11.5. The first-order valence-corrected chi connectivity index (χ1v) is 5.90. The molecule has 0 aliphatic carbocycles. The third-order valence-electron chi connectivity index (χ3n) is 2.76. The van der Waals surface area contributed by atoms with Gasteiger partial charge in [0.1, 0.15) is 11.5 Å². The molecule has 0 saturated carbocycles. The highest BCUT2D eigenvalue weighted by Crippen LogP contribution is 2.26. The summed E-state index contributed by atoms with van der Waals surface area (Å²) >= 11 is 0. The molecule has 4 heteroatoms. The van der Waals surface area contributed by atoms with Gasteiger partial charge in [-0.05, 0) is 47.5 Å². The van der Waals surface area contributed by atoms with Crippen molar-refractivity contribution in [1.29, 1.82) is 0 Å². The summed E-state index contributed by atoms with van der Waals surface area (Å²) in [6.45, 7) is 1.92. The van der Waals surface area contributed by atoms with Crippen LogP contribution in [0.15, 0.2) is 48.8 Å². The molecule has 94 valence electrons. The number of aromatic nitrogens is 2. The zero-order chi connectivity index (χ0) is 13.2. The molecular formula is C15H12N2O2. The number of hydrogen-bond donors (Lipinski definition) is 1. The van der Waals surface area contributed by atoms with Gasteiger partial charge in [-0.2, -0.15) is 0 Å². The second kappa shape index (κ2) is 4.57. The van der Waals surface area contributed by atoms with Crippen LogP contribution in [-0.2, 0) is 0 Å². The fourth-order valence-electron chi connectivity index (χ4n) is 1.81. The Balaban J connectivity index is 1.94. The van der Waals surface area contributed by atoms with Gasteiger partial charge in [0.05, 0.1) is 0 Å². The standard InChI is InChI=1S/C15H12N2O2/c1-10-8-16-15(17-9-10)19-14-5-3-11-2-4-13(18)6-12(11)7-14/h2-9,18H,1H3. The van der Waals surface area contributed by atoms with Crippen LogP contribution in [0.1, 0.15) is 5.56 Å². The van der Waals surface area contributed by atoms with Crippen LogP contribution in [0.3, 0.4) is 0 Å². The lowest BCUT2D eigenvalue weighted by atomic mass is 10.1. The Kier molecular flexibility index (Phi) is 2.76. The molecule has 0 fully saturated rings. The molecule has 0 aliphatic heterocycles. The van der Waals surface area contributed by atoms with Crippen LogP contribution in [0, 0.1) is 6.92 Å². The van der Waals surface area contributed by atoms with Gasteiger partial charge in [0, 0.05) is 12.4 Å². The van der Waals surface area contributed by atoms with Gasteiger partial charge in [-0.1, -0.05) is 12.1 Å². The minimum atomic E-state index is 0.233. The van der Waals surface area contributed by atoms with E-state index in [0.717, 1.165) is 16.3 Å². The van der Waals surface area contributed by atoms with Crippen LogP contribution < -0.4 is 4.74 Å². The van der Waals surface area contributed by atoms with Crippen LogP contribution >= 0.6 is 0 Å². The molecule has 0 radical (unpaired) electrons. The maximum Gasteiger partial charge on any atom is 0.321 e. The molecule has 3 aromatic rings. The lowest BCUT2D eigenvalue weighted by Crippen LogP contribution is -1.91. The minimum absolute atomic E-state index is 0.233. The monoisotopic (exact) mass is 252 g/mol. The number of aromatic hydroxyl groups is 1. The van der Waals surface area contributed by atoms with Crippen molar-refractivity contribution in [1.82, 2.24) is 9.97 Å². The smallest absolute Gasteiger partial charge is 0.321 e. The fourth-order valence-corrected chi connectivity index (χ4v) is 1.81. The lowest BCUT2D eigenvalue weighted by Gasteiger charge is -2.05. The van der Waals surface area contributed by atoms with Crippen molar-refractivity contribution in [2.24, 2.45) is 0 Å². The first-order chi connectivity index (χ1) is 9.20. The second-order valence-electron chi connectivity index (χ2n) is 4.34. The van der Waals surface area contributed by atoms with E-state index in [9.17, 15) is 5.11 Å². The van der Waals surface area contributed by atoms with Crippen molar-refractivity contribution in [3.63, 3.8) is 0 Å². The van der Waals surface area contributed by atoms with Crippen molar-refractivity contribution < 1.29 is 9.84 Å². The fraction of sp³-hybridized carbons (Fsp3) is 0.0667. The molecule has 19 heavy (non-hydrogen) atoms. The molecule has 0 amide bonds. The van der Waals surface area contributed by atoms with Gasteiger partial charge in [0.2, 0.25) is 0 Å². The molecule has 2 aromatic carbocycles. The third kappa shape index (κ3) is 2.47. The van der Waals surface area contributed by atoms with E-state index in [4.69, 9.17) is 4.74 Å². The van der Waals surface area contributed by atoms with Crippen LogP contribution in [0.5, 0.6) is 17.5 Å². The van der Waals surface area contributed by atoms with Crippen molar-refractivity contribution in [3.05, 3.63) is 54.4 Å². The quantitative estimate of drug-likeness (QED) is 0.759. The molecule has 1 heterocycles. The molecule has 0 aliphatic rings. The lowest BCUT2D eigenvalue weighted by molar-refractivity contribution is 0.442. The van der Waals surface area contributed by atoms with Crippen molar-refractivity contribution >= 4 is 10.8 Å². The van der Waals surface area contributed by atoms with Crippen LogP contribution in [0.4, 0.5) is 0 Å². The van der Waals surface area contributed by atoms with E-state index in [0.29, 0.717) is 11.8 Å². The second-order valence-corrected chi connectivity index (χ2v) is 4.34. The molecule has 0 atom stereocenters. The van der Waals surface area contributed by atoms with Crippen LogP contribution in [0.25, 0.3) is 10.8 Å². The number of phenolic OH excluding ortho intramolecular Hbond substituents is 1. The molecule has 1 N–H and O–H groups in total. The van der Waals surface area contributed by atoms with Crippen molar-refractivity contribution in [2.45, 2.75) is 6.92 Å². The van der Waals surface area contributed by atoms with Gasteiger partial charge in [-0.15, -0.1) is 0 Å². The maximum absolute atomic E-state index is 9.48. The highest BCUT2D eigenvalue weighted by Gasteiger charge is 2.02. The largest absolute Gasteiger partial charge is 0.508 e. The summed E-state index contributed by atoms with van der Waals surface area (Å²) in [5.41, 5.74) is 0.982. The summed E-state index contributed by atoms with van der Waals surface area (Å²) < 4.78 is 5.58. The number of fused-ring (bicyclic) bond motifs is 1. The summed E-state index contributed by atoms with van der Waals surface area (Å²) in [4.78, 5) is 8.18. The Morgan fingerprint density at radius 1 is 0.947 bits per heavy atom. The molecular weight excluding hydrogens is 240 g/mol. The van der Waals surface area contributed by atoms with Crippen LogP contribution in [0.2, 0.25) is 0 Å². The Labute approximate surface area is 110 Å². The Morgan fingerprint density at radius 2 is 1.68 bits per heavy atom. The summed E-state index contributed by atoms with van der Waals surface area (Å²) in [5.74, 6) is 0.873. The predicted molar refractivity (Wildman–Crippen MR) is 72.5 cm³/mol. The SMILES string of the molecule is Cc1cnc(Oc2ccc3ccc(O)cc3c2)nc1. The van der Waals surface area contributed by atoms with Gasteiger partial charge in [-0.3, -0.25) is 0 Å². The molecule has 0 saturated heterocycles. The third-order valence-corrected chi connectivity index (χ3v) is 2.76. The summed E-state index contributed by atoms with van der Waals surface area (Å²) in [6, 6.07) is 11.1. The van der Waals surface area contributed by atoms with E-state index in [1.165, 1.54) is 0 Å². The highest BCUT2D eigenvalue weighted by molar-refractivity contribution is 5.85. The average Bonchev–Trinajstić information content (AvgIpc) is 2.41. The summed E-state index contributed by atoms with van der Waals surface area (Å²) in [5, 5.41) is 11.4. The number of benzene rings is 2. The molecule has 4 nitrogen and oxygen atoms in total. The zero-order valence-electron chi connectivity index (χ0n) is 10.4. The number of phenols is 1. The van der Waals surface area contributed by atoms with E-state index >= 15 is 0 Å². The van der Waals surface area contributed by atoms with Crippen molar-refractivity contribution in [2.75, 3.05) is 0 Å². The van der Waals surface area contributed by atoms with Gasteiger partial charge < -0.3 is 9.84 Å². The normalized spacial score (nSPS) is 10.6. The first-order valence-electron chi connectivity index (χ1n) is 5.90. The Hall–Kier alpha value is -2.62. The van der Waals surface area contributed by atoms with E-state index in [1.54, 1.807) is 24.5 Å². The van der Waals surface area contributed by atoms with E-state index in [1.807, 2.05) is 31.2 Å². The molecule has 0 unspecified atom stereocenters. The zero-order valence-corrected chi connectivity index (χ0v) is 10.4. The highest BCUT2D eigenvalue weighted by atomic mass is 16.5. The van der Waals surface area contributed by atoms with E-state index < -0.39 is 0 Å². The number of nitrogens with zero attached hydrogens (tertiary/aromatic N) is 2. The number of ether oxygens (including phenoxy) is 1. The predicted octanol–water partition coefficient (Wildman–Crippen LogP) is 3.44. The van der Waals surface area contributed by atoms with E-state index in [-0.39, 0.29) is 5.75 Å². The molecule has 3 rings (SSSR count). The van der Waals surface area contributed by atoms with Gasteiger partial charge in [0.15, 0.2) is 0 Å². The summed E-state index contributed by atoms with van der Waals surface area (Å²) in [6.07, 6.45) is 3.41. The Bertz CT molecular complexity index is 724.